The minimum atomic E-state index is -0.101. The number of carbonyl (C=O) groups is 1. The molecule has 1 N–H and O–H groups in total. The van der Waals surface area contributed by atoms with Crippen LogP contribution < -0.4 is 10.1 Å². The molecule has 1 heterocycles. The van der Waals surface area contributed by atoms with Crippen LogP contribution in [0.4, 0.5) is 0 Å². The molecule has 3 rings (SSSR count). The monoisotopic (exact) mass is 298 g/mol. The number of para-hydroxylation sites is 1. The predicted octanol–water partition coefficient (Wildman–Crippen LogP) is 3.70. The van der Waals surface area contributed by atoms with Crippen LogP contribution in [0.2, 0.25) is 0 Å². The lowest BCUT2D eigenvalue weighted by Gasteiger charge is -2.16. The van der Waals surface area contributed by atoms with E-state index in [1.54, 1.807) is 13.2 Å². The maximum Gasteiger partial charge on any atom is 0.270 e. The second-order valence-electron chi connectivity index (χ2n) is 5.89. The van der Waals surface area contributed by atoms with E-state index >= 15 is 0 Å². The van der Waals surface area contributed by atoms with E-state index in [4.69, 9.17) is 4.74 Å². The van der Waals surface area contributed by atoms with Gasteiger partial charge in [-0.15, -0.1) is 0 Å². The largest absolute Gasteiger partial charge is 0.496 e. The SMILES string of the molecule is COc1cc(C(=O)NC2CCCCCC2)nc2ccccc12. The number of nitrogens with zero attached hydrogens (tertiary/aromatic N) is 1. The van der Waals surface area contributed by atoms with Crippen LogP contribution in [-0.4, -0.2) is 24.0 Å². The summed E-state index contributed by atoms with van der Waals surface area (Å²) in [5.41, 5.74) is 1.22. The number of nitrogens with one attached hydrogen (secondary N) is 1. The third-order valence-corrected chi connectivity index (χ3v) is 4.32. The molecule has 0 radical (unpaired) electrons. The molecule has 116 valence electrons. The van der Waals surface area contributed by atoms with E-state index in [1.165, 1.54) is 25.7 Å². The number of fused-ring (bicyclic) bond motifs is 1. The highest BCUT2D eigenvalue weighted by Crippen LogP contribution is 2.25. The molecule has 1 aliphatic rings. The lowest BCUT2D eigenvalue weighted by atomic mass is 10.1. The number of hydrogen-bond acceptors (Lipinski definition) is 3. The van der Waals surface area contributed by atoms with Gasteiger partial charge in [0.2, 0.25) is 0 Å². The smallest absolute Gasteiger partial charge is 0.270 e. The Kier molecular flexibility index (Phi) is 4.56. The molecular weight excluding hydrogens is 276 g/mol. The fourth-order valence-electron chi connectivity index (χ4n) is 3.11. The molecule has 0 atom stereocenters. The lowest BCUT2D eigenvalue weighted by molar-refractivity contribution is 0.0928. The first-order valence-corrected chi connectivity index (χ1v) is 8.02. The Morgan fingerprint density at radius 3 is 2.64 bits per heavy atom. The summed E-state index contributed by atoms with van der Waals surface area (Å²) in [6.45, 7) is 0. The van der Waals surface area contributed by atoms with Crippen molar-refractivity contribution in [3.63, 3.8) is 0 Å². The number of methoxy groups -OCH3 is 1. The number of rotatable bonds is 3. The molecule has 22 heavy (non-hydrogen) atoms. The van der Waals surface area contributed by atoms with Gasteiger partial charge in [-0.2, -0.15) is 0 Å². The molecule has 0 spiro atoms. The van der Waals surface area contributed by atoms with E-state index in [0.29, 0.717) is 11.4 Å². The molecule has 1 aromatic carbocycles. The van der Waals surface area contributed by atoms with Crippen LogP contribution in [0.3, 0.4) is 0 Å². The average Bonchev–Trinajstić information content (AvgIpc) is 2.82. The van der Waals surface area contributed by atoms with Crippen LogP contribution in [0.25, 0.3) is 10.9 Å². The molecule has 1 saturated carbocycles. The van der Waals surface area contributed by atoms with Gasteiger partial charge in [-0.05, 0) is 25.0 Å². The minimum absolute atomic E-state index is 0.101. The normalized spacial score (nSPS) is 16.2. The molecule has 4 heteroatoms. The third kappa shape index (κ3) is 3.21. The van der Waals surface area contributed by atoms with Crippen molar-refractivity contribution in [3.8, 4) is 5.75 Å². The maximum absolute atomic E-state index is 12.5. The third-order valence-electron chi connectivity index (χ3n) is 4.32. The van der Waals surface area contributed by atoms with E-state index in [2.05, 4.69) is 10.3 Å². The quantitative estimate of drug-likeness (QED) is 0.879. The molecule has 1 fully saturated rings. The van der Waals surface area contributed by atoms with Crippen molar-refractivity contribution >= 4 is 16.8 Å². The molecule has 0 saturated heterocycles. The Bertz CT molecular complexity index is 661. The van der Waals surface area contributed by atoms with Crippen LogP contribution in [0, 0.1) is 0 Å². The number of benzene rings is 1. The van der Waals surface area contributed by atoms with E-state index in [-0.39, 0.29) is 11.9 Å². The highest BCUT2D eigenvalue weighted by atomic mass is 16.5. The summed E-state index contributed by atoms with van der Waals surface area (Å²) in [5.74, 6) is 0.590. The van der Waals surface area contributed by atoms with Gasteiger partial charge in [0.25, 0.3) is 5.91 Å². The summed E-state index contributed by atoms with van der Waals surface area (Å²) >= 11 is 0. The molecule has 1 aromatic heterocycles. The lowest BCUT2D eigenvalue weighted by Crippen LogP contribution is -2.34. The van der Waals surface area contributed by atoms with Crippen molar-refractivity contribution in [2.75, 3.05) is 7.11 Å². The number of carbonyl (C=O) groups excluding carboxylic acids is 1. The summed E-state index contributed by atoms with van der Waals surface area (Å²) in [6.07, 6.45) is 7.06. The van der Waals surface area contributed by atoms with Crippen LogP contribution in [0.15, 0.2) is 30.3 Å². The van der Waals surface area contributed by atoms with Gasteiger partial charge >= 0.3 is 0 Å². The van der Waals surface area contributed by atoms with Crippen molar-refractivity contribution in [1.82, 2.24) is 10.3 Å². The predicted molar refractivity (Wildman–Crippen MR) is 87.3 cm³/mol. The molecule has 2 aromatic rings. The standard InChI is InChI=1S/C18H22N2O2/c1-22-17-12-16(20-15-11-7-6-10-14(15)17)18(21)19-13-8-4-2-3-5-9-13/h6-7,10-13H,2-5,8-9H2,1H3,(H,19,21). The van der Waals surface area contributed by atoms with Gasteiger partial charge < -0.3 is 10.1 Å². The topological polar surface area (TPSA) is 51.2 Å². The van der Waals surface area contributed by atoms with E-state index < -0.39 is 0 Å². The first kappa shape index (κ1) is 14.8. The number of amides is 1. The number of hydrogen-bond donors (Lipinski definition) is 1. The number of aromatic nitrogens is 1. The highest BCUT2D eigenvalue weighted by Gasteiger charge is 2.18. The van der Waals surface area contributed by atoms with Crippen molar-refractivity contribution in [2.24, 2.45) is 0 Å². The Balaban J connectivity index is 1.84. The van der Waals surface area contributed by atoms with Crippen LogP contribution in [0.1, 0.15) is 49.0 Å². The minimum Gasteiger partial charge on any atom is -0.496 e. The molecule has 1 amide bonds. The van der Waals surface area contributed by atoms with Crippen molar-refractivity contribution in [3.05, 3.63) is 36.0 Å². The first-order chi connectivity index (χ1) is 10.8. The molecule has 0 unspecified atom stereocenters. The van der Waals surface area contributed by atoms with Gasteiger partial charge in [0.05, 0.1) is 12.6 Å². The Labute approximate surface area is 130 Å². The molecular formula is C18H22N2O2. The summed E-state index contributed by atoms with van der Waals surface area (Å²) in [4.78, 5) is 17.0. The Morgan fingerprint density at radius 2 is 1.91 bits per heavy atom. The molecule has 0 bridgehead atoms. The number of ether oxygens (including phenoxy) is 1. The van der Waals surface area contributed by atoms with Crippen LogP contribution >= 0.6 is 0 Å². The molecule has 0 aliphatic heterocycles. The van der Waals surface area contributed by atoms with Gasteiger partial charge in [0, 0.05) is 17.5 Å². The molecule has 4 nitrogen and oxygen atoms in total. The summed E-state index contributed by atoms with van der Waals surface area (Å²) in [6, 6.07) is 9.72. The van der Waals surface area contributed by atoms with E-state index in [9.17, 15) is 4.79 Å². The zero-order valence-corrected chi connectivity index (χ0v) is 13.0. The van der Waals surface area contributed by atoms with Crippen LogP contribution in [0.5, 0.6) is 5.75 Å². The van der Waals surface area contributed by atoms with E-state index in [0.717, 1.165) is 23.7 Å². The summed E-state index contributed by atoms with van der Waals surface area (Å²) in [7, 11) is 1.62. The second-order valence-corrected chi connectivity index (χ2v) is 5.89. The zero-order valence-electron chi connectivity index (χ0n) is 13.0. The van der Waals surface area contributed by atoms with Gasteiger partial charge in [-0.1, -0.05) is 37.8 Å². The average molecular weight is 298 g/mol. The maximum atomic E-state index is 12.5. The fraction of sp³-hybridized carbons (Fsp3) is 0.444. The Morgan fingerprint density at radius 1 is 1.18 bits per heavy atom. The summed E-state index contributed by atoms with van der Waals surface area (Å²) in [5, 5.41) is 4.06. The van der Waals surface area contributed by atoms with Crippen LogP contribution in [-0.2, 0) is 0 Å². The zero-order chi connectivity index (χ0) is 15.4. The number of pyridine rings is 1. The second kappa shape index (κ2) is 6.77. The Hall–Kier alpha value is -2.10. The fourth-order valence-corrected chi connectivity index (χ4v) is 3.11. The van der Waals surface area contributed by atoms with Gasteiger partial charge in [0.1, 0.15) is 11.4 Å². The highest BCUT2D eigenvalue weighted by molar-refractivity contribution is 5.97. The van der Waals surface area contributed by atoms with Gasteiger partial charge in [-0.25, -0.2) is 4.98 Å². The van der Waals surface area contributed by atoms with E-state index in [1.807, 2.05) is 24.3 Å². The van der Waals surface area contributed by atoms with Gasteiger partial charge in [-0.3, -0.25) is 4.79 Å². The van der Waals surface area contributed by atoms with Gasteiger partial charge in [0.15, 0.2) is 0 Å². The molecule has 1 aliphatic carbocycles. The van der Waals surface area contributed by atoms with Crippen molar-refractivity contribution < 1.29 is 9.53 Å². The first-order valence-electron chi connectivity index (χ1n) is 8.02. The summed E-state index contributed by atoms with van der Waals surface area (Å²) < 4.78 is 5.41. The van der Waals surface area contributed by atoms with Crippen molar-refractivity contribution in [1.29, 1.82) is 0 Å². The van der Waals surface area contributed by atoms with Crippen molar-refractivity contribution in [2.45, 2.75) is 44.6 Å².